The zero-order chi connectivity index (χ0) is 18.5. The molecule has 0 fully saturated rings. The molecule has 2 aromatic rings. The number of Topliss-reactive ketones (excluding diaryl/α,β-unsaturated/α-hetero) is 1. The van der Waals surface area contributed by atoms with E-state index in [0.29, 0.717) is 17.9 Å². The van der Waals surface area contributed by atoms with Crippen LogP contribution in [0.3, 0.4) is 0 Å². The van der Waals surface area contributed by atoms with Gasteiger partial charge < -0.3 is 15.2 Å². The second-order valence-electron chi connectivity index (χ2n) is 6.98. The fourth-order valence-electron chi connectivity index (χ4n) is 3.20. The maximum Gasteiger partial charge on any atom is 0.292 e. The van der Waals surface area contributed by atoms with Gasteiger partial charge in [-0.25, -0.2) is 0 Å². The zero-order valence-corrected chi connectivity index (χ0v) is 15.2. The van der Waals surface area contributed by atoms with Crippen LogP contribution >= 0.6 is 0 Å². The highest BCUT2D eigenvalue weighted by Gasteiger charge is 2.27. The van der Waals surface area contributed by atoms with E-state index in [1.165, 1.54) is 0 Å². The molecule has 0 spiro atoms. The highest BCUT2D eigenvalue weighted by molar-refractivity contribution is 6.42. The fraction of sp³-hybridized carbons (Fsp3) is 0.474. The number of aromatic nitrogens is 3. The number of carbonyl (C=O) groups excluding carboxylic acids is 2. The molecule has 1 aromatic heterocycles. The molecule has 7 nitrogen and oxygen atoms in total. The Morgan fingerprint density at radius 1 is 1.19 bits per heavy atom. The Morgan fingerprint density at radius 3 is 2.69 bits per heavy atom. The lowest BCUT2D eigenvalue weighted by atomic mass is 10.0. The minimum absolute atomic E-state index is 0.337. The van der Waals surface area contributed by atoms with E-state index in [0.717, 1.165) is 37.7 Å². The van der Waals surface area contributed by atoms with Gasteiger partial charge in [0.2, 0.25) is 5.78 Å². The van der Waals surface area contributed by atoms with Crippen molar-refractivity contribution >= 4 is 11.7 Å². The SMILES string of the molecule is CC(C)C[C@H](NC(=O)C(=O)c1ccccc1)c1nnc2n1CCNCC2. The number of hydrogen-bond donors (Lipinski definition) is 2. The number of nitrogens with one attached hydrogen (secondary N) is 2. The largest absolute Gasteiger partial charge is 0.339 e. The zero-order valence-electron chi connectivity index (χ0n) is 15.2. The van der Waals surface area contributed by atoms with Crippen LogP contribution in [0.2, 0.25) is 0 Å². The summed E-state index contributed by atoms with van der Waals surface area (Å²) in [6.45, 7) is 6.63. The van der Waals surface area contributed by atoms with Crippen LogP contribution in [0.4, 0.5) is 0 Å². The van der Waals surface area contributed by atoms with Crippen molar-refractivity contribution in [2.24, 2.45) is 5.92 Å². The predicted octanol–water partition coefficient (Wildman–Crippen LogP) is 1.51. The molecule has 1 amide bonds. The van der Waals surface area contributed by atoms with Crippen LogP contribution in [-0.4, -0.2) is 39.5 Å². The van der Waals surface area contributed by atoms with Crippen molar-refractivity contribution in [1.82, 2.24) is 25.4 Å². The molecule has 3 rings (SSSR count). The summed E-state index contributed by atoms with van der Waals surface area (Å²) in [6, 6.07) is 8.27. The van der Waals surface area contributed by atoms with Gasteiger partial charge in [0.25, 0.3) is 5.91 Å². The maximum absolute atomic E-state index is 12.5. The van der Waals surface area contributed by atoms with Crippen molar-refractivity contribution < 1.29 is 9.59 Å². The standard InChI is InChI=1S/C19H25N5O2/c1-13(2)12-15(18-23-22-16-8-9-20-10-11-24(16)18)21-19(26)17(25)14-6-4-3-5-7-14/h3-7,13,15,20H,8-12H2,1-2H3,(H,21,26)/t15-/m0/s1. The summed E-state index contributed by atoms with van der Waals surface area (Å²) in [5, 5.41) is 14.9. The molecule has 2 heterocycles. The normalized spacial score (nSPS) is 15.2. The number of carbonyl (C=O) groups is 2. The van der Waals surface area contributed by atoms with Gasteiger partial charge in [0.1, 0.15) is 5.82 Å². The summed E-state index contributed by atoms with van der Waals surface area (Å²) in [5.41, 5.74) is 0.387. The highest BCUT2D eigenvalue weighted by Crippen LogP contribution is 2.21. The molecule has 0 bridgehead atoms. The molecule has 138 valence electrons. The first-order valence-electron chi connectivity index (χ1n) is 9.09. The van der Waals surface area contributed by atoms with Crippen molar-refractivity contribution in [3.05, 3.63) is 47.5 Å². The predicted molar refractivity (Wildman–Crippen MR) is 97.7 cm³/mol. The van der Waals surface area contributed by atoms with E-state index in [-0.39, 0.29) is 6.04 Å². The first-order valence-corrected chi connectivity index (χ1v) is 9.09. The van der Waals surface area contributed by atoms with Crippen LogP contribution in [0.5, 0.6) is 0 Å². The third-order valence-corrected chi connectivity index (χ3v) is 4.46. The molecule has 0 aliphatic carbocycles. The number of benzene rings is 1. The molecule has 2 N–H and O–H groups in total. The number of fused-ring (bicyclic) bond motifs is 1. The van der Waals surface area contributed by atoms with Crippen LogP contribution in [-0.2, 0) is 17.8 Å². The number of ketones is 1. The minimum Gasteiger partial charge on any atom is -0.339 e. The van der Waals surface area contributed by atoms with Crippen LogP contribution in [0, 0.1) is 5.92 Å². The van der Waals surface area contributed by atoms with Crippen molar-refractivity contribution in [2.45, 2.75) is 39.3 Å². The molecule has 1 aliphatic rings. The smallest absolute Gasteiger partial charge is 0.292 e. The van der Waals surface area contributed by atoms with E-state index < -0.39 is 11.7 Å². The average Bonchev–Trinajstić information content (AvgIpc) is 2.89. The maximum atomic E-state index is 12.5. The van der Waals surface area contributed by atoms with Crippen LogP contribution in [0.25, 0.3) is 0 Å². The van der Waals surface area contributed by atoms with Crippen molar-refractivity contribution in [3.63, 3.8) is 0 Å². The van der Waals surface area contributed by atoms with Gasteiger partial charge in [-0.05, 0) is 12.3 Å². The first-order chi connectivity index (χ1) is 12.6. The fourth-order valence-corrected chi connectivity index (χ4v) is 3.20. The van der Waals surface area contributed by atoms with E-state index in [2.05, 4.69) is 39.2 Å². The van der Waals surface area contributed by atoms with Gasteiger partial charge in [-0.3, -0.25) is 9.59 Å². The van der Waals surface area contributed by atoms with E-state index >= 15 is 0 Å². The van der Waals surface area contributed by atoms with Crippen molar-refractivity contribution in [1.29, 1.82) is 0 Å². The number of hydrogen-bond acceptors (Lipinski definition) is 5. The van der Waals surface area contributed by atoms with Crippen LogP contribution in [0.15, 0.2) is 30.3 Å². The molecule has 26 heavy (non-hydrogen) atoms. The molecular weight excluding hydrogens is 330 g/mol. The summed E-state index contributed by atoms with van der Waals surface area (Å²) < 4.78 is 2.07. The summed E-state index contributed by atoms with van der Waals surface area (Å²) in [4.78, 5) is 25.0. The summed E-state index contributed by atoms with van der Waals surface area (Å²) in [6.07, 6.45) is 1.50. The lowest BCUT2D eigenvalue weighted by Crippen LogP contribution is -2.36. The Balaban J connectivity index is 1.82. The van der Waals surface area contributed by atoms with E-state index in [4.69, 9.17) is 0 Å². The van der Waals surface area contributed by atoms with Gasteiger partial charge >= 0.3 is 0 Å². The van der Waals surface area contributed by atoms with Crippen LogP contribution in [0.1, 0.15) is 48.3 Å². The van der Waals surface area contributed by atoms with Gasteiger partial charge in [-0.1, -0.05) is 44.2 Å². The molecule has 7 heteroatoms. The number of rotatable bonds is 6. The Hall–Kier alpha value is -2.54. The third-order valence-electron chi connectivity index (χ3n) is 4.46. The summed E-state index contributed by atoms with van der Waals surface area (Å²) >= 11 is 0. The Kier molecular flexibility index (Phi) is 5.78. The summed E-state index contributed by atoms with van der Waals surface area (Å²) in [7, 11) is 0. The molecule has 0 saturated carbocycles. The van der Waals surface area contributed by atoms with Crippen molar-refractivity contribution in [2.75, 3.05) is 13.1 Å². The first kappa shape index (κ1) is 18.3. The molecule has 0 saturated heterocycles. The highest BCUT2D eigenvalue weighted by atomic mass is 16.2. The average molecular weight is 355 g/mol. The number of amides is 1. The minimum atomic E-state index is -0.606. The second kappa shape index (κ2) is 8.23. The lowest BCUT2D eigenvalue weighted by Gasteiger charge is -2.20. The molecular formula is C19H25N5O2. The van der Waals surface area contributed by atoms with Gasteiger partial charge in [0.15, 0.2) is 5.82 Å². The van der Waals surface area contributed by atoms with Gasteiger partial charge in [-0.15, -0.1) is 10.2 Å². The van der Waals surface area contributed by atoms with Crippen molar-refractivity contribution in [3.8, 4) is 0 Å². The van der Waals surface area contributed by atoms with E-state index in [1.807, 2.05) is 6.07 Å². The van der Waals surface area contributed by atoms with Crippen LogP contribution < -0.4 is 10.6 Å². The third kappa shape index (κ3) is 4.16. The quantitative estimate of drug-likeness (QED) is 0.606. The molecule has 1 aliphatic heterocycles. The Bertz CT molecular complexity index is 769. The van der Waals surface area contributed by atoms with Gasteiger partial charge in [-0.2, -0.15) is 0 Å². The van der Waals surface area contributed by atoms with Gasteiger partial charge in [0, 0.05) is 31.6 Å². The molecule has 1 aromatic carbocycles. The molecule has 1 atom stereocenters. The van der Waals surface area contributed by atoms with Gasteiger partial charge in [0.05, 0.1) is 6.04 Å². The summed E-state index contributed by atoms with van der Waals surface area (Å²) in [5.74, 6) is 0.848. The topological polar surface area (TPSA) is 88.9 Å². The monoisotopic (exact) mass is 355 g/mol. The Labute approximate surface area is 153 Å². The lowest BCUT2D eigenvalue weighted by molar-refractivity contribution is -0.117. The molecule has 0 radical (unpaired) electrons. The Morgan fingerprint density at radius 2 is 1.96 bits per heavy atom. The number of nitrogens with zero attached hydrogens (tertiary/aromatic N) is 3. The van der Waals surface area contributed by atoms with E-state index in [9.17, 15) is 9.59 Å². The second-order valence-corrected chi connectivity index (χ2v) is 6.98. The molecule has 0 unspecified atom stereocenters. The van der Waals surface area contributed by atoms with E-state index in [1.54, 1.807) is 24.3 Å².